The lowest BCUT2D eigenvalue weighted by molar-refractivity contribution is -0.112. The molecule has 0 N–H and O–H groups in total. The molecule has 1 aliphatic heterocycles. The molecule has 0 saturated carbocycles. The first-order valence-electron chi connectivity index (χ1n) is 8.53. The van der Waals surface area contributed by atoms with Crippen LogP contribution in [-0.4, -0.2) is 32.7 Å². The molecule has 3 rings (SSSR count). The van der Waals surface area contributed by atoms with Crippen molar-refractivity contribution in [3.05, 3.63) is 59.9 Å². The average molecular weight is 356 g/mol. The molecule has 0 aromatic heterocycles. The SMILES string of the molecule is C=CCC1=C[C@]2(OC)C(=CC1=O)O[C@H](c1ccc(OC)c(OC)c1)[C@H]2C. The van der Waals surface area contributed by atoms with Gasteiger partial charge in [0.15, 0.2) is 17.3 Å². The van der Waals surface area contributed by atoms with Crippen LogP contribution >= 0.6 is 0 Å². The van der Waals surface area contributed by atoms with Crippen LogP contribution in [0.25, 0.3) is 0 Å². The number of ketones is 1. The molecular weight excluding hydrogens is 332 g/mol. The standard InChI is InChI=1S/C21H24O5/c1-6-7-15-12-21(25-5)13(2)20(26-19(21)11-16(15)22)14-8-9-17(23-3)18(10-14)24-4/h6,8-13,20H,1,7H2,2-5H3/t13-,20+,21-/m1/s1. The van der Waals surface area contributed by atoms with E-state index in [0.717, 1.165) is 5.56 Å². The molecule has 0 radical (unpaired) electrons. The molecule has 1 heterocycles. The number of fused-ring (bicyclic) bond motifs is 1. The number of hydrogen-bond donors (Lipinski definition) is 0. The van der Waals surface area contributed by atoms with Crippen molar-refractivity contribution in [1.29, 1.82) is 0 Å². The minimum Gasteiger partial charge on any atom is -0.493 e. The second kappa shape index (κ2) is 7.00. The maximum atomic E-state index is 12.4. The summed E-state index contributed by atoms with van der Waals surface area (Å²) in [5.74, 6) is 1.74. The highest BCUT2D eigenvalue weighted by atomic mass is 16.6. The predicted molar refractivity (Wildman–Crippen MR) is 98.3 cm³/mol. The van der Waals surface area contributed by atoms with Gasteiger partial charge in [0.25, 0.3) is 0 Å². The van der Waals surface area contributed by atoms with Crippen LogP contribution < -0.4 is 9.47 Å². The molecule has 3 atom stereocenters. The van der Waals surface area contributed by atoms with Crippen LogP contribution in [0.2, 0.25) is 0 Å². The Hall–Kier alpha value is -2.53. The topological polar surface area (TPSA) is 54.0 Å². The Labute approximate surface area is 153 Å². The van der Waals surface area contributed by atoms with Gasteiger partial charge in [-0.2, -0.15) is 0 Å². The summed E-state index contributed by atoms with van der Waals surface area (Å²) in [6.07, 6.45) is 5.38. The van der Waals surface area contributed by atoms with Gasteiger partial charge in [0.1, 0.15) is 17.5 Å². The highest BCUT2D eigenvalue weighted by Crippen LogP contribution is 2.52. The van der Waals surface area contributed by atoms with E-state index in [2.05, 4.69) is 13.5 Å². The van der Waals surface area contributed by atoms with Gasteiger partial charge in [-0.15, -0.1) is 6.58 Å². The van der Waals surface area contributed by atoms with Crippen LogP contribution in [0.5, 0.6) is 11.5 Å². The van der Waals surface area contributed by atoms with Gasteiger partial charge in [-0.05, 0) is 30.2 Å². The fourth-order valence-corrected chi connectivity index (χ4v) is 3.72. The van der Waals surface area contributed by atoms with Crippen molar-refractivity contribution in [3.8, 4) is 11.5 Å². The van der Waals surface area contributed by atoms with E-state index >= 15 is 0 Å². The molecule has 0 unspecified atom stereocenters. The molecule has 1 fully saturated rings. The largest absolute Gasteiger partial charge is 0.493 e. The van der Waals surface area contributed by atoms with Crippen molar-refractivity contribution >= 4 is 5.78 Å². The summed E-state index contributed by atoms with van der Waals surface area (Å²) in [5, 5.41) is 0. The number of rotatable bonds is 6. The normalized spacial score (nSPS) is 27.2. The van der Waals surface area contributed by atoms with E-state index < -0.39 is 5.60 Å². The maximum Gasteiger partial charge on any atom is 0.185 e. The van der Waals surface area contributed by atoms with Gasteiger partial charge in [0.2, 0.25) is 0 Å². The summed E-state index contributed by atoms with van der Waals surface area (Å²) in [6.45, 7) is 5.79. The molecule has 1 aliphatic carbocycles. The third-order valence-corrected chi connectivity index (χ3v) is 5.18. The Morgan fingerprint density at radius 2 is 1.96 bits per heavy atom. The van der Waals surface area contributed by atoms with Crippen LogP contribution in [0.1, 0.15) is 25.0 Å². The Bertz CT molecular complexity index is 792. The highest BCUT2D eigenvalue weighted by molar-refractivity contribution is 6.06. The van der Waals surface area contributed by atoms with Crippen LogP contribution in [0.15, 0.2) is 54.3 Å². The summed E-state index contributed by atoms with van der Waals surface area (Å²) < 4.78 is 22.8. The van der Waals surface area contributed by atoms with Gasteiger partial charge in [-0.25, -0.2) is 0 Å². The first-order chi connectivity index (χ1) is 12.5. The molecule has 138 valence electrons. The first-order valence-corrected chi connectivity index (χ1v) is 8.53. The third kappa shape index (κ3) is 2.72. The monoisotopic (exact) mass is 356 g/mol. The average Bonchev–Trinajstić information content (AvgIpc) is 2.94. The molecule has 1 saturated heterocycles. The van der Waals surface area contributed by atoms with Crippen LogP contribution in [0, 0.1) is 5.92 Å². The molecule has 5 nitrogen and oxygen atoms in total. The van der Waals surface area contributed by atoms with E-state index in [4.69, 9.17) is 18.9 Å². The number of carbonyl (C=O) groups excluding carboxylic acids is 1. The first kappa shape index (κ1) is 18.3. The number of benzene rings is 1. The number of hydrogen-bond acceptors (Lipinski definition) is 5. The zero-order chi connectivity index (χ0) is 18.9. The van der Waals surface area contributed by atoms with E-state index in [-0.39, 0.29) is 17.8 Å². The Balaban J connectivity index is 2.03. The lowest BCUT2D eigenvalue weighted by atomic mass is 9.78. The Kier molecular flexibility index (Phi) is 4.92. The molecule has 0 amide bonds. The fourth-order valence-electron chi connectivity index (χ4n) is 3.72. The van der Waals surface area contributed by atoms with Crippen molar-refractivity contribution in [1.82, 2.24) is 0 Å². The molecule has 0 spiro atoms. The van der Waals surface area contributed by atoms with Gasteiger partial charge < -0.3 is 18.9 Å². The van der Waals surface area contributed by atoms with Crippen molar-refractivity contribution in [2.75, 3.05) is 21.3 Å². The van der Waals surface area contributed by atoms with E-state index in [1.165, 1.54) is 0 Å². The quantitative estimate of drug-likeness (QED) is 0.727. The summed E-state index contributed by atoms with van der Waals surface area (Å²) in [7, 11) is 4.84. The van der Waals surface area contributed by atoms with E-state index in [1.807, 2.05) is 24.3 Å². The second-order valence-electron chi connectivity index (χ2n) is 6.47. The molecule has 5 heteroatoms. The fraction of sp³-hybridized carbons (Fsp3) is 0.381. The summed E-state index contributed by atoms with van der Waals surface area (Å²) >= 11 is 0. The second-order valence-corrected chi connectivity index (χ2v) is 6.47. The Morgan fingerprint density at radius 3 is 2.58 bits per heavy atom. The van der Waals surface area contributed by atoms with Gasteiger partial charge in [0.05, 0.1) is 14.2 Å². The zero-order valence-corrected chi connectivity index (χ0v) is 15.6. The van der Waals surface area contributed by atoms with Crippen LogP contribution in [0.4, 0.5) is 0 Å². The van der Waals surface area contributed by atoms with Gasteiger partial charge in [-0.1, -0.05) is 19.1 Å². The third-order valence-electron chi connectivity index (χ3n) is 5.18. The molecule has 0 bridgehead atoms. The summed E-state index contributed by atoms with van der Waals surface area (Å²) in [4.78, 5) is 12.4. The minimum absolute atomic E-state index is 0.0373. The van der Waals surface area contributed by atoms with Crippen molar-refractivity contribution < 1.29 is 23.7 Å². The predicted octanol–water partition coefficient (Wildman–Crippen LogP) is 3.77. The number of allylic oxidation sites excluding steroid dienone is 3. The van der Waals surface area contributed by atoms with Gasteiger partial charge >= 0.3 is 0 Å². The molecule has 1 aromatic rings. The van der Waals surface area contributed by atoms with Gasteiger partial charge in [-0.3, -0.25) is 4.79 Å². The molecular formula is C21H24O5. The lowest BCUT2D eigenvalue weighted by Gasteiger charge is -2.31. The lowest BCUT2D eigenvalue weighted by Crippen LogP contribution is -2.38. The van der Waals surface area contributed by atoms with Crippen LogP contribution in [-0.2, 0) is 14.3 Å². The summed E-state index contributed by atoms with van der Waals surface area (Å²) in [5.41, 5.74) is 0.853. The molecule has 26 heavy (non-hydrogen) atoms. The highest BCUT2D eigenvalue weighted by Gasteiger charge is 2.53. The number of carbonyl (C=O) groups is 1. The smallest absolute Gasteiger partial charge is 0.185 e. The minimum atomic E-state index is -0.760. The Morgan fingerprint density at radius 1 is 1.23 bits per heavy atom. The number of ether oxygens (including phenoxy) is 4. The van der Waals surface area contributed by atoms with E-state index in [1.54, 1.807) is 33.5 Å². The van der Waals surface area contributed by atoms with Crippen molar-refractivity contribution in [3.63, 3.8) is 0 Å². The summed E-state index contributed by atoms with van der Waals surface area (Å²) in [6, 6.07) is 5.70. The van der Waals surface area contributed by atoms with E-state index in [0.29, 0.717) is 29.3 Å². The van der Waals surface area contributed by atoms with Crippen molar-refractivity contribution in [2.24, 2.45) is 5.92 Å². The zero-order valence-electron chi connectivity index (χ0n) is 15.6. The van der Waals surface area contributed by atoms with Gasteiger partial charge in [0, 0.05) is 24.7 Å². The van der Waals surface area contributed by atoms with E-state index in [9.17, 15) is 4.79 Å². The molecule has 1 aromatic carbocycles. The maximum absolute atomic E-state index is 12.4. The van der Waals surface area contributed by atoms with Crippen LogP contribution in [0.3, 0.4) is 0 Å². The molecule has 2 aliphatic rings. The van der Waals surface area contributed by atoms with Crippen molar-refractivity contribution in [2.45, 2.75) is 25.0 Å². The number of methoxy groups -OCH3 is 3.